The van der Waals surface area contributed by atoms with E-state index in [0.29, 0.717) is 13.2 Å². The Morgan fingerprint density at radius 1 is 1.00 bits per heavy atom. The summed E-state index contributed by atoms with van der Waals surface area (Å²) in [6.07, 6.45) is 1.82. The Labute approximate surface area is 171 Å². The van der Waals surface area contributed by atoms with Gasteiger partial charge in [-0.25, -0.2) is 4.79 Å². The van der Waals surface area contributed by atoms with E-state index in [0.717, 1.165) is 19.3 Å². The van der Waals surface area contributed by atoms with E-state index in [1.807, 2.05) is 0 Å². The number of amides is 1. The zero-order valence-corrected chi connectivity index (χ0v) is 16.6. The van der Waals surface area contributed by atoms with Crippen LogP contribution in [0, 0.1) is 23.7 Å². The van der Waals surface area contributed by atoms with Gasteiger partial charge >= 0.3 is 6.09 Å². The molecule has 29 heavy (non-hydrogen) atoms. The number of benzene rings is 2. The standard InChI is InChI=1S/C21H19NO.C3H7NO2/c23-17-11-5-3-1-2-4-10-16-22-20-14-8-6-12-18(20)19-13-7-9-15-21(19)22;1-2-6-3(4)5/h6-9,12-15,23H,3,5,11,16-17H2;2H2,1H3,(H2,4,5). The van der Waals surface area contributed by atoms with Gasteiger partial charge in [0.25, 0.3) is 0 Å². The van der Waals surface area contributed by atoms with Crippen LogP contribution in [-0.4, -0.2) is 29.0 Å². The van der Waals surface area contributed by atoms with Gasteiger partial charge in [-0.05, 0) is 43.7 Å². The van der Waals surface area contributed by atoms with E-state index in [1.54, 1.807) is 6.92 Å². The number of aromatic nitrogens is 1. The van der Waals surface area contributed by atoms with E-state index in [4.69, 9.17) is 5.11 Å². The zero-order chi connectivity index (χ0) is 20.9. The third-order valence-corrected chi connectivity index (χ3v) is 4.15. The van der Waals surface area contributed by atoms with Crippen LogP contribution in [0.2, 0.25) is 0 Å². The van der Waals surface area contributed by atoms with E-state index in [9.17, 15) is 4.79 Å². The normalized spacial score (nSPS) is 9.59. The predicted octanol–water partition coefficient (Wildman–Crippen LogP) is 4.07. The molecule has 0 fully saturated rings. The minimum Gasteiger partial charge on any atom is -0.450 e. The molecule has 1 amide bonds. The quantitative estimate of drug-likeness (QED) is 0.509. The van der Waals surface area contributed by atoms with E-state index < -0.39 is 6.09 Å². The fourth-order valence-electron chi connectivity index (χ4n) is 2.91. The summed E-state index contributed by atoms with van der Waals surface area (Å²) in [5.41, 5.74) is 6.96. The maximum absolute atomic E-state index is 9.60. The lowest BCUT2D eigenvalue weighted by Crippen LogP contribution is -2.11. The molecule has 5 nitrogen and oxygen atoms in total. The topological polar surface area (TPSA) is 77.5 Å². The number of carbonyl (C=O) groups is 1. The average molecular weight is 390 g/mol. The Hall–Kier alpha value is -3.41. The van der Waals surface area contributed by atoms with Gasteiger partial charge in [0, 0.05) is 34.8 Å². The number of rotatable bonds is 5. The van der Waals surface area contributed by atoms with Gasteiger partial charge < -0.3 is 20.1 Å². The first kappa shape index (κ1) is 21.9. The predicted molar refractivity (Wildman–Crippen MR) is 117 cm³/mol. The molecule has 3 aromatic rings. The summed E-state index contributed by atoms with van der Waals surface area (Å²) in [5, 5.41) is 11.2. The van der Waals surface area contributed by atoms with Crippen LogP contribution in [0.15, 0.2) is 48.5 Å². The van der Waals surface area contributed by atoms with Gasteiger partial charge in [-0.3, -0.25) is 0 Å². The number of aliphatic hydroxyl groups is 1. The van der Waals surface area contributed by atoms with E-state index in [2.05, 4.69) is 87.3 Å². The van der Waals surface area contributed by atoms with Crippen LogP contribution in [0.3, 0.4) is 0 Å². The second kappa shape index (κ2) is 12.1. The van der Waals surface area contributed by atoms with E-state index in [-0.39, 0.29) is 6.61 Å². The largest absolute Gasteiger partial charge is 0.450 e. The number of hydrogen-bond donors (Lipinski definition) is 2. The third-order valence-electron chi connectivity index (χ3n) is 4.15. The van der Waals surface area contributed by atoms with Gasteiger partial charge in [-0.15, -0.1) is 0 Å². The Morgan fingerprint density at radius 2 is 1.59 bits per heavy atom. The number of hydrogen-bond acceptors (Lipinski definition) is 3. The van der Waals surface area contributed by atoms with Crippen molar-refractivity contribution in [3.05, 3.63) is 48.5 Å². The molecule has 2 aromatic carbocycles. The maximum atomic E-state index is 9.60. The van der Waals surface area contributed by atoms with E-state index >= 15 is 0 Å². The Bertz CT molecular complexity index is 1010. The molecular weight excluding hydrogens is 364 g/mol. The number of unbranched alkanes of at least 4 members (excludes halogenated alkanes) is 2. The molecule has 0 saturated carbocycles. The summed E-state index contributed by atoms with van der Waals surface area (Å²) in [7, 11) is 0. The smallest absolute Gasteiger partial charge is 0.404 e. The molecule has 0 saturated heterocycles. The van der Waals surface area contributed by atoms with Crippen molar-refractivity contribution >= 4 is 27.9 Å². The van der Waals surface area contributed by atoms with Gasteiger partial charge in [0.05, 0.1) is 13.2 Å². The van der Waals surface area contributed by atoms with Crippen molar-refractivity contribution in [2.24, 2.45) is 5.73 Å². The van der Waals surface area contributed by atoms with Crippen LogP contribution in [0.25, 0.3) is 21.8 Å². The second-order valence-corrected chi connectivity index (χ2v) is 6.16. The van der Waals surface area contributed by atoms with Gasteiger partial charge in [-0.2, -0.15) is 0 Å². The van der Waals surface area contributed by atoms with Crippen LogP contribution >= 0.6 is 0 Å². The zero-order valence-electron chi connectivity index (χ0n) is 16.6. The van der Waals surface area contributed by atoms with Crippen LogP contribution in [0.1, 0.15) is 26.2 Å². The number of nitrogens with zero attached hydrogens (tertiary/aromatic N) is 1. The van der Waals surface area contributed by atoms with Crippen LogP contribution in [-0.2, 0) is 11.3 Å². The fourth-order valence-corrected chi connectivity index (χ4v) is 2.91. The molecule has 1 aromatic heterocycles. The number of aliphatic hydroxyl groups excluding tert-OH is 1. The molecule has 0 aliphatic heterocycles. The highest BCUT2D eigenvalue weighted by atomic mass is 16.5. The lowest BCUT2D eigenvalue weighted by molar-refractivity contribution is 0.163. The van der Waals surface area contributed by atoms with Crippen molar-refractivity contribution in [1.29, 1.82) is 0 Å². The van der Waals surface area contributed by atoms with Crippen LogP contribution < -0.4 is 5.73 Å². The second-order valence-electron chi connectivity index (χ2n) is 6.16. The average Bonchev–Trinajstić information content (AvgIpc) is 3.04. The summed E-state index contributed by atoms with van der Waals surface area (Å²) < 4.78 is 6.42. The molecule has 0 aliphatic carbocycles. The molecule has 0 bridgehead atoms. The first-order chi connectivity index (χ1) is 14.2. The number of para-hydroxylation sites is 2. The molecule has 0 radical (unpaired) electrons. The number of carbonyl (C=O) groups excluding carboxylic acids is 1. The molecular formula is C24H26N2O3. The van der Waals surface area contributed by atoms with Gasteiger partial charge in [0.15, 0.2) is 0 Å². The fraction of sp³-hybridized carbons (Fsp3) is 0.292. The van der Waals surface area contributed by atoms with E-state index in [1.165, 1.54) is 21.8 Å². The third kappa shape index (κ3) is 6.60. The number of fused-ring (bicyclic) bond motifs is 3. The number of nitrogens with two attached hydrogens (primary N) is 1. The minimum atomic E-state index is -0.711. The molecule has 3 rings (SSSR count). The first-order valence-electron chi connectivity index (χ1n) is 9.63. The number of primary amides is 1. The molecule has 0 atom stereocenters. The highest BCUT2D eigenvalue weighted by molar-refractivity contribution is 6.08. The molecule has 5 heteroatoms. The lowest BCUT2D eigenvalue weighted by atomic mass is 10.2. The van der Waals surface area contributed by atoms with Crippen molar-refractivity contribution in [2.75, 3.05) is 13.2 Å². The Balaban J connectivity index is 0.000000438. The lowest BCUT2D eigenvalue weighted by Gasteiger charge is -2.01. The summed E-state index contributed by atoms with van der Waals surface area (Å²) in [6, 6.07) is 16.9. The van der Waals surface area contributed by atoms with Crippen molar-refractivity contribution in [3.8, 4) is 23.7 Å². The monoisotopic (exact) mass is 390 g/mol. The molecule has 1 heterocycles. The highest BCUT2D eigenvalue weighted by Gasteiger charge is 2.07. The SMILES string of the molecule is CCOC(N)=O.OCCCCC#CC#CCn1c2ccccc2c2ccccc21. The highest BCUT2D eigenvalue weighted by Crippen LogP contribution is 2.28. The van der Waals surface area contributed by atoms with Crippen molar-refractivity contribution in [2.45, 2.75) is 32.7 Å². The molecule has 150 valence electrons. The number of ether oxygens (including phenoxy) is 1. The molecule has 0 aliphatic rings. The molecule has 0 spiro atoms. The Morgan fingerprint density at radius 3 is 2.10 bits per heavy atom. The first-order valence-corrected chi connectivity index (χ1v) is 9.63. The van der Waals surface area contributed by atoms with Crippen molar-refractivity contribution in [3.63, 3.8) is 0 Å². The summed E-state index contributed by atoms with van der Waals surface area (Å²) >= 11 is 0. The maximum Gasteiger partial charge on any atom is 0.404 e. The van der Waals surface area contributed by atoms with Crippen LogP contribution in [0.5, 0.6) is 0 Å². The van der Waals surface area contributed by atoms with Crippen molar-refractivity contribution in [1.82, 2.24) is 4.57 Å². The minimum absolute atomic E-state index is 0.237. The molecule has 3 N–H and O–H groups in total. The van der Waals surface area contributed by atoms with Crippen molar-refractivity contribution < 1.29 is 14.6 Å². The summed E-state index contributed by atoms with van der Waals surface area (Å²) in [4.78, 5) is 9.60. The summed E-state index contributed by atoms with van der Waals surface area (Å²) in [5.74, 6) is 12.0. The van der Waals surface area contributed by atoms with Gasteiger partial charge in [0.2, 0.25) is 0 Å². The van der Waals surface area contributed by atoms with Gasteiger partial charge in [0.1, 0.15) is 0 Å². The van der Waals surface area contributed by atoms with Gasteiger partial charge in [-0.1, -0.05) is 48.2 Å². The van der Waals surface area contributed by atoms with Crippen LogP contribution in [0.4, 0.5) is 4.79 Å². The summed E-state index contributed by atoms with van der Waals surface area (Å²) in [6.45, 7) is 2.93. The molecule has 0 unspecified atom stereocenters. The Kier molecular flexibility index (Phi) is 9.15.